The Labute approximate surface area is 77.7 Å². The van der Waals surface area contributed by atoms with Crippen LogP contribution in [0.25, 0.3) is 0 Å². The van der Waals surface area contributed by atoms with Crippen LogP contribution in [0.4, 0.5) is 0 Å². The van der Waals surface area contributed by atoms with Gasteiger partial charge in [-0.25, -0.2) is 0 Å². The summed E-state index contributed by atoms with van der Waals surface area (Å²) in [4.78, 5) is 10.7. The summed E-state index contributed by atoms with van der Waals surface area (Å²) in [5.41, 5.74) is 0. The molecule has 72 valence electrons. The number of carbonyl (C=O) groups excluding carboxylic acids is 1. The number of halogens is 1. The summed E-state index contributed by atoms with van der Waals surface area (Å²) in [6.07, 6.45) is 0.701. The molecular formula is C7H14ClNO3. The molecule has 0 aromatic rings. The summed E-state index contributed by atoms with van der Waals surface area (Å²) < 4.78 is 4.49. The summed E-state index contributed by atoms with van der Waals surface area (Å²) in [6, 6.07) is 0.0949. The first kappa shape index (κ1) is 11.7. The molecule has 0 aromatic carbocycles. The van der Waals surface area contributed by atoms with Crippen molar-refractivity contribution < 1.29 is 14.6 Å². The quantitative estimate of drug-likeness (QED) is 0.594. The fraction of sp³-hybridized carbons (Fsp3) is 0.857. The van der Waals surface area contributed by atoms with Crippen LogP contribution in [0.3, 0.4) is 0 Å². The summed E-state index contributed by atoms with van der Waals surface area (Å²) in [5.74, 6) is -0.225. The van der Waals surface area contributed by atoms with Crippen LogP contribution in [-0.2, 0) is 9.53 Å². The van der Waals surface area contributed by atoms with Gasteiger partial charge in [0.25, 0.3) is 0 Å². The Bertz CT molecular complexity index is 154. The van der Waals surface area contributed by atoms with Crippen molar-refractivity contribution in [2.24, 2.45) is 0 Å². The van der Waals surface area contributed by atoms with Gasteiger partial charge in [-0.1, -0.05) is 0 Å². The molecule has 0 aliphatic carbocycles. The number of hydrogen-bond donors (Lipinski definition) is 2. The van der Waals surface area contributed by atoms with Gasteiger partial charge in [0.1, 0.15) is 0 Å². The molecule has 2 N–H and O–H groups in total. The maximum Gasteiger partial charge on any atom is 0.307 e. The standard InChI is InChI=1S/C7H13NO3.ClH/c1-11-7(10)3-5-2-6(9)4-8-5;/h5-6,8-9H,2-4H2,1H3;1H/t5-,6+;/m0./s1. The number of aliphatic hydroxyl groups excluding tert-OH is 1. The van der Waals surface area contributed by atoms with E-state index in [-0.39, 0.29) is 30.5 Å². The van der Waals surface area contributed by atoms with Crippen LogP contribution in [0.5, 0.6) is 0 Å². The van der Waals surface area contributed by atoms with Gasteiger partial charge >= 0.3 is 5.97 Å². The third-order valence-corrected chi connectivity index (χ3v) is 1.84. The zero-order chi connectivity index (χ0) is 8.27. The highest BCUT2D eigenvalue weighted by molar-refractivity contribution is 5.85. The molecule has 1 rings (SSSR count). The number of aliphatic hydroxyl groups is 1. The average Bonchev–Trinajstić information content (AvgIpc) is 2.35. The van der Waals surface area contributed by atoms with Crippen LogP contribution >= 0.6 is 12.4 Å². The van der Waals surface area contributed by atoms with Crippen molar-refractivity contribution in [1.82, 2.24) is 5.32 Å². The van der Waals surface area contributed by atoms with E-state index in [0.29, 0.717) is 19.4 Å². The molecule has 0 aromatic heterocycles. The van der Waals surface area contributed by atoms with Crippen LogP contribution in [0.15, 0.2) is 0 Å². The van der Waals surface area contributed by atoms with Crippen LogP contribution in [0.2, 0.25) is 0 Å². The second-order valence-corrected chi connectivity index (χ2v) is 2.77. The number of nitrogens with one attached hydrogen (secondary N) is 1. The lowest BCUT2D eigenvalue weighted by Gasteiger charge is -2.06. The van der Waals surface area contributed by atoms with Gasteiger partial charge < -0.3 is 15.2 Å². The van der Waals surface area contributed by atoms with Crippen molar-refractivity contribution in [3.63, 3.8) is 0 Å². The maximum atomic E-state index is 10.7. The molecule has 1 aliphatic rings. The first-order chi connectivity index (χ1) is 5.22. The lowest BCUT2D eigenvalue weighted by atomic mass is 10.1. The molecule has 12 heavy (non-hydrogen) atoms. The van der Waals surface area contributed by atoms with Crippen LogP contribution in [0.1, 0.15) is 12.8 Å². The molecule has 0 bridgehead atoms. The molecule has 1 aliphatic heterocycles. The highest BCUT2D eigenvalue weighted by Crippen LogP contribution is 2.09. The lowest BCUT2D eigenvalue weighted by molar-refractivity contribution is -0.141. The Hall–Kier alpha value is -0.320. The van der Waals surface area contributed by atoms with E-state index in [1.807, 2.05) is 0 Å². The van der Waals surface area contributed by atoms with Gasteiger partial charge in [-0.05, 0) is 6.42 Å². The van der Waals surface area contributed by atoms with E-state index in [0.717, 1.165) is 0 Å². The molecule has 4 nitrogen and oxygen atoms in total. The highest BCUT2D eigenvalue weighted by Gasteiger charge is 2.24. The van der Waals surface area contributed by atoms with Gasteiger partial charge in [-0.15, -0.1) is 12.4 Å². The average molecular weight is 196 g/mol. The minimum absolute atomic E-state index is 0. The minimum Gasteiger partial charge on any atom is -0.469 e. The number of β-amino-alcohol motifs (C(OH)–C–C–N with tert-alkyl or cyclic N) is 1. The summed E-state index contributed by atoms with van der Waals surface area (Å²) in [5, 5.41) is 12.1. The Balaban J connectivity index is 0.00000121. The summed E-state index contributed by atoms with van der Waals surface area (Å²) >= 11 is 0. The van der Waals surface area contributed by atoms with Gasteiger partial charge in [0.05, 0.1) is 19.6 Å². The van der Waals surface area contributed by atoms with Crippen molar-refractivity contribution in [2.75, 3.05) is 13.7 Å². The van der Waals surface area contributed by atoms with E-state index in [2.05, 4.69) is 10.1 Å². The number of ether oxygens (including phenoxy) is 1. The second-order valence-electron chi connectivity index (χ2n) is 2.77. The van der Waals surface area contributed by atoms with Crippen molar-refractivity contribution in [2.45, 2.75) is 25.0 Å². The number of esters is 1. The molecule has 0 spiro atoms. The van der Waals surface area contributed by atoms with E-state index in [1.54, 1.807) is 0 Å². The smallest absolute Gasteiger partial charge is 0.307 e. The summed E-state index contributed by atoms with van der Waals surface area (Å²) in [6.45, 7) is 0.585. The predicted octanol–water partition coefficient (Wildman–Crippen LogP) is -0.306. The predicted molar refractivity (Wildman–Crippen MR) is 46.3 cm³/mol. The molecule has 5 heteroatoms. The molecule has 0 radical (unpaired) electrons. The SMILES string of the molecule is COC(=O)C[C@@H]1C[C@@H](O)CN1.Cl. The van der Waals surface area contributed by atoms with Gasteiger partial charge in [0, 0.05) is 12.6 Å². The van der Waals surface area contributed by atoms with E-state index in [4.69, 9.17) is 5.11 Å². The Kier molecular flexibility index (Phi) is 5.20. The van der Waals surface area contributed by atoms with Crippen molar-refractivity contribution in [1.29, 1.82) is 0 Å². The van der Waals surface area contributed by atoms with Crippen LogP contribution < -0.4 is 5.32 Å². The molecule has 2 atom stereocenters. The fourth-order valence-corrected chi connectivity index (χ4v) is 1.24. The van der Waals surface area contributed by atoms with Crippen molar-refractivity contribution in [3.05, 3.63) is 0 Å². The zero-order valence-corrected chi connectivity index (χ0v) is 7.76. The number of rotatable bonds is 2. The van der Waals surface area contributed by atoms with E-state index in [1.165, 1.54) is 7.11 Å². The molecular weight excluding hydrogens is 182 g/mol. The Morgan fingerprint density at radius 2 is 2.42 bits per heavy atom. The van der Waals surface area contributed by atoms with Gasteiger partial charge in [-0.2, -0.15) is 0 Å². The highest BCUT2D eigenvalue weighted by atomic mass is 35.5. The molecule has 0 saturated carbocycles. The van der Waals surface area contributed by atoms with Crippen LogP contribution in [-0.4, -0.2) is 36.9 Å². The number of methoxy groups -OCH3 is 1. The Morgan fingerprint density at radius 1 is 1.75 bits per heavy atom. The largest absolute Gasteiger partial charge is 0.469 e. The molecule has 0 amide bonds. The molecule has 0 unspecified atom stereocenters. The lowest BCUT2D eigenvalue weighted by Crippen LogP contribution is -2.25. The maximum absolute atomic E-state index is 10.7. The molecule has 1 fully saturated rings. The van der Waals surface area contributed by atoms with E-state index >= 15 is 0 Å². The molecule has 1 heterocycles. The van der Waals surface area contributed by atoms with Gasteiger partial charge in [0.15, 0.2) is 0 Å². The van der Waals surface area contributed by atoms with E-state index < -0.39 is 0 Å². The third kappa shape index (κ3) is 3.38. The summed E-state index contributed by atoms with van der Waals surface area (Å²) in [7, 11) is 1.37. The number of carbonyl (C=O) groups is 1. The van der Waals surface area contributed by atoms with Crippen LogP contribution in [0, 0.1) is 0 Å². The van der Waals surface area contributed by atoms with Gasteiger partial charge in [-0.3, -0.25) is 4.79 Å². The number of hydrogen-bond acceptors (Lipinski definition) is 4. The Morgan fingerprint density at radius 3 is 2.83 bits per heavy atom. The topological polar surface area (TPSA) is 58.6 Å². The van der Waals surface area contributed by atoms with Gasteiger partial charge in [0.2, 0.25) is 0 Å². The van der Waals surface area contributed by atoms with Crippen molar-refractivity contribution in [3.8, 4) is 0 Å². The first-order valence-electron chi connectivity index (χ1n) is 3.70. The van der Waals surface area contributed by atoms with Crippen molar-refractivity contribution >= 4 is 18.4 Å². The molecule has 1 saturated heterocycles. The van der Waals surface area contributed by atoms with E-state index in [9.17, 15) is 4.79 Å². The first-order valence-corrected chi connectivity index (χ1v) is 3.70. The zero-order valence-electron chi connectivity index (χ0n) is 6.95. The monoisotopic (exact) mass is 195 g/mol. The minimum atomic E-state index is -0.301. The second kappa shape index (κ2) is 5.35. The normalized spacial score (nSPS) is 27.8. The third-order valence-electron chi connectivity index (χ3n) is 1.84. The fourth-order valence-electron chi connectivity index (χ4n) is 1.24.